The molecule has 0 bridgehead atoms. The van der Waals surface area contributed by atoms with Gasteiger partial charge in [-0.15, -0.1) is 6.58 Å². The van der Waals surface area contributed by atoms with Gasteiger partial charge in [-0.2, -0.15) is 0 Å². The maximum atomic E-state index is 12.2. The molecule has 136 valence electrons. The Balaban J connectivity index is 3.01. The standard InChI is InChI=1S/C21H29NO3/c1-6-12-22-21(25)19-16(5)13-18(23)17(20(19)24)11-10-15(4)9-7-8-14(2)3/h6,8,10,13,23-24H,1,7,9,11-12H2,2-5H3,(H,22,25)/b15-10+. The van der Waals surface area contributed by atoms with Crippen molar-refractivity contribution in [2.24, 2.45) is 0 Å². The Labute approximate surface area is 150 Å². The molecule has 0 fully saturated rings. The minimum absolute atomic E-state index is 0.00335. The molecule has 0 saturated carbocycles. The van der Waals surface area contributed by atoms with E-state index in [1.165, 1.54) is 17.2 Å². The molecule has 0 aliphatic rings. The molecule has 0 unspecified atom stereocenters. The van der Waals surface area contributed by atoms with Crippen LogP contribution in [0.5, 0.6) is 11.5 Å². The SMILES string of the molecule is C=CCNC(=O)c1c(C)cc(O)c(C/C=C(\C)CCC=C(C)C)c1O. The van der Waals surface area contributed by atoms with E-state index in [1.807, 2.05) is 13.0 Å². The molecule has 25 heavy (non-hydrogen) atoms. The quantitative estimate of drug-likeness (QED) is 0.606. The molecule has 0 aliphatic heterocycles. The van der Waals surface area contributed by atoms with Gasteiger partial charge in [0.15, 0.2) is 0 Å². The Bertz CT molecular complexity index is 696. The highest BCUT2D eigenvalue weighted by molar-refractivity contribution is 5.99. The lowest BCUT2D eigenvalue weighted by atomic mass is 9.98. The largest absolute Gasteiger partial charge is 0.508 e. The van der Waals surface area contributed by atoms with Crippen molar-refractivity contribution in [1.29, 1.82) is 0 Å². The number of carbonyl (C=O) groups is 1. The molecule has 0 saturated heterocycles. The number of aryl methyl sites for hydroxylation is 1. The van der Waals surface area contributed by atoms with Crippen LogP contribution in [0.15, 0.2) is 42.0 Å². The summed E-state index contributed by atoms with van der Waals surface area (Å²) in [7, 11) is 0. The summed E-state index contributed by atoms with van der Waals surface area (Å²) in [5.41, 5.74) is 3.57. The van der Waals surface area contributed by atoms with Gasteiger partial charge in [0, 0.05) is 12.1 Å². The van der Waals surface area contributed by atoms with Crippen molar-refractivity contribution >= 4 is 5.91 Å². The van der Waals surface area contributed by atoms with E-state index >= 15 is 0 Å². The minimum Gasteiger partial charge on any atom is -0.508 e. The molecule has 1 aromatic rings. The molecular formula is C21H29NO3. The Morgan fingerprint density at radius 1 is 1.24 bits per heavy atom. The van der Waals surface area contributed by atoms with Gasteiger partial charge in [-0.1, -0.05) is 29.4 Å². The number of phenols is 2. The highest BCUT2D eigenvalue weighted by atomic mass is 16.3. The van der Waals surface area contributed by atoms with Crippen molar-refractivity contribution < 1.29 is 15.0 Å². The summed E-state index contributed by atoms with van der Waals surface area (Å²) in [6.07, 6.45) is 8.00. The van der Waals surface area contributed by atoms with Crippen LogP contribution in [0, 0.1) is 6.92 Å². The maximum Gasteiger partial charge on any atom is 0.255 e. The van der Waals surface area contributed by atoms with Gasteiger partial charge in [-0.3, -0.25) is 4.79 Å². The van der Waals surface area contributed by atoms with Crippen molar-refractivity contribution in [2.45, 2.75) is 47.0 Å². The highest BCUT2D eigenvalue weighted by Gasteiger charge is 2.20. The number of aromatic hydroxyl groups is 2. The average molecular weight is 343 g/mol. The number of hydrogen-bond donors (Lipinski definition) is 3. The monoisotopic (exact) mass is 343 g/mol. The normalized spacial score (nSPS) is 11.1. The van der Waals surface area contributed by atoms with E-state index in [-0.39, 0.29) is 23.0 Å². The van der Waals surface area contributed by atoms with Crippen LogP contribution < -0.4 is 5.32 Å². The van der Waals surface area contributed by atoms with Crippen LogP contribution in [0.25, 0.3) is 0 Å². The van der Waals surface area contributed by atoms with Crippen molar-refractivity contribution in [1.82, 2.24) is 5.32 Å². The number of phenolic OH excluding ortho intramolecular Hbond substituents is 2. The third-order valence-corrected chi connectivity index (χ3v) is 3.96. The first-order valence-electron chi connectivity index (χ1n) is 8.50. The van der Waals surface area contributed by atoms with Crippen molar-refractivity contribution in [2.75, 3.05) is 6.54 Å². The zero-order valence-electron chi connectivity index (χ0n) is 15.6. The Hall–Kier alpha value is -2.49. The molecular weight excluding hydrogens is 314 g/mol. The number of benzene rings is 1. The molecule has 3 N–H and O–H groups in total. The molecule has 1 amide bonds. The van der Waals surface area contributed by atoms with Crippen LogP contribution in [0.2, 0.25) is 0 Å². The number of allylic oxidation sites excluding steroid dienone is 4. The summed E-state index contributed by atoms with van der Waals surface area (Å²) in [4.78, 5) is 12.2. The number of hydrogen-bond acceptors (Lipinski definition) is 3. The molecule has 4 heteroatoms. The van der Waals surface area contributed by atoms with E-state index in [4.69, 9.17) is 0 Å². The fourth-order valence-electron chi connectivity index (χ4n) is 2.53. The summed E-state index contributed by atoms with van der Waals surface area (Å²) >= 11 is 0. The van der Waals surface area contributed by atoms with Gasteiger partial charge >= 0.3 is 0 Å². The van der Waals surface area contributed by atoms with Crippen molar-refractivity contribution in [3.8, 4) is 11.5 Å². The lowest BCUT2D eigenvalue weighted by molar-refractivity contribution is 0.0954. The summed E-state index contributed by atoms with van der Waals surface area (Å²) < 4.78 is 0. The Kier molecular flexibility index (Phi) is 7.99. The van der Waals surface area contributed by atoms with Crippen LogP contribution in [0.4, 0.5) is 0 Å². The van der Waals surface area contributed by atoms with Crippen LogP contribution in [-0.4, -0.2) is 22.7 Å². The summed E-state index contributed by atoms with van der Waals surface area (Å²) in [6.45, 7) is 11.7. The first kappa shape index (κ1) is 20.6. The van der Waals surface area contributed by atoms with Gasteiger partial charge < -0.3 is 15.5 Å². The van der Waals surface area contributed by atoms with E-state index in [0.29, 0.717) is 24.1 Å². The fourth-order valence-corrected chi connectivity index (χ4v) is 2.53. The molecule has 0 heterocycles. The van der Waals surface area contributed by atoms with Gasteiger partial charge in [0.1, 0.15) is 11.5 Å². The lowest BCUT2D eigenvalue weighted by Crippen LogP contribution is -2.24. The first-order chi connectivity index (χ1) is 11.8. The lowest BCUT2D eigenvalue weighted by Gasteiger charge is -2.14. The van der Waals surface area contributed by atoms with Crippen molar-refractivity contribution in [3.05, 3.63) is 58.7 Å². The molecule has 0 atom stereocenters. The van der Waals surface area contributed by atoms with Gasteiger partial charge in [0.05, 0.1) is 5.56 Å². The van der Waals surface area contributed by atoms with Crippen LogP contribution in [-0.2, 0) is 6.42 Å². The zero-order chi connectivity index (χ0) is 19.0. The summed E-state index contributed by atoms with van der Waals surface area (Å²) in [5.74, 6) is -0.531. The Morgan fingerprint density at radius 2 is 1.92 bits per heavy atom. The number of amides is 1. The van der Waals surface area contributed by atoms with E-state index in [2.05, 4.69) is 31.8 Å². The molecule has 0 aliphatic carbocycles. The van der Waals surface area contributed by atoms with Gasteiger partial charge in [-0.25, -0.2) is 0 Å². The maximum absolute atomic E-state index is 12.2. The zero-order valence-corrected chi connectivity index (χ0v) is 15.6. The number of rotatable bonds is 8. The molecule has 0 aromatic heterocycles. The Morgan fingerprint density at radius 3 is 2.52 bits per heavy atom. The van der Waals surface area contributed by atoms with E-state index < -0.39 is 0 Å². The molecule has 0 radical (unpaired) electrons. The molecule has 1 aromatic carbocycles. The topological polar surface area (TPSA) is 69.6 Å². The van der Waals surface area contributed by atoms with E-state index in [1.54, 1.807) is 13.0 Å². The predicted octanol–water partition coefficient (Wildman–Crippen LogP) is 4.56. The predicted molar refractivity (Wildman–Crippen MR) is 103 cm³/mol. The van der Waals surface area contributed by atoms with E-state index in [9.17, 15) is 15.0 Å². The molecule has 4 nitrogen and oxygen atoms in total. The molecule has 0 spiro atoms. The molecule has 1 rings (SSSR count). The van der Waals surface area contributed by atoms with Gasteiger partial charge in [0.2, 0.25) is 0 Å². The van der Waals surface area contributed by atoms with Gasteiger partial charge in [0.25, 0.3) is 5.91 Å². The van der Waals surface area contributed by atoms with Crippen molar-refractivity contribution in [3.63, 3.8) is 0 Å². The smallest absolute Gasteiger partial charge is 0.255 e. The minimum atomic E-state index is -0.375. The second-order valence-electron chi connectivity index (χ2n) is 6.49. The van der Waals surface area contributed by atoms with Crippen LogP contribution in [0.3, 0.4) is 0 Å². The second kappa shape index (κ2) is 9.72. The highest BCUT2D eigenvalue weighted by Crippen LogP contribution is 2.34. The van der Waals surface area contributed by atoms with Crippen LogP contribution in [0.1, 0.15) is 55.1 Å². The summed E-state index contributed by atoms with van der Waals surface area (Å²) in [5, 5.41) is 23.3. The van der Waals surface area contributed by atoms with E-state index in [0.717, 1.165) is 12.8 Å². The van der Waals surface area contributed by atoms with Crippen LogP contribution >= 0.6 is 0 Å². The number of carbonyl (C=O) groups excluding carboxylic acids is 1. The van der Waals surface area contributed by atoms with Gasteiger partial charge in [-0.05, 0) is 58.6 Å². The second-order valence-corrected chi connectivity index (χ2v) is 6.49. The third-order valence-electron chi connectivity index (χ3n) is 3.96. The fraction of sp³-hybridized carbons (Fsp3) is 0.381. The number of nitrogens with one attached hydrogen (secondary N) is 1. The first-order valence-corrected chi connectivity index (χ1v) is 8.50. The average Bonchev–Trinajstić information content (AvgIpc) is 2.51. The summed E-state index contributed by atoms with van der Waals surface area (Å²) in [6, 6.07) is 1.52. The third kappa shape index (κ3) is 6.14.